The van der Waals surface area contributed by atoms with E-state index in [2.05, 4.69) is 17.5 Å². The van der Waals surface area contributed by atoms with Crippen LogP contribution in [-0.4, -0.2) is 22.3 Å². The Hall–Kier alpha value is 0.240. The molecule has 0 spiro atoms. The van der Waals surface area contributed by atoms with E-state index in [0.717, 1.165) is 17.4 Å². The summed E-state index contributed by atoms with van der Waals surface area (Å²) in [6.07, 6.45) is 1.28. The minimum Gasteiger partial charge on any atom is -0.358 e. The Morgan fingerprint density at radius 3 is 2.14 bits per heavy atom. The average Bonchev–Trinajstić information content (AvgIpc) is 1.23. The van der Waals surface area contributed by atoms with E-state index in [9.17, 15) is 0 Å². The van der Waals surface area contributed by atoms with Gasteiger partial charge in [0, 0.05) is 13.1 Å². The molecule has 1 aliphatic heterocycles. The number of thiol groups is 1. The zero-order chi connectivity index (χ0) is 5.28. The Balaban J connectivity index is 2.27. The molecule has 1 saturated heterocycles. The lowest BCUT2D eigenvalue weighted by atomic mass is 10.2. The summed E-state index contributed by atoms with van der Waals surface area (Å²) < 4.78 is 0.742. The Morgan fingerprint density at radius 1 is 1.57 bits per heavy atom. The van der Waals surface area contributed by atoms with Crippen LogP contribution in [-0.2, 0) is 0 Å². The van der Waals surface area contributed by atoms with Gasteiger partial charge in [-0.2, -0.15) is 0 Å². The molecular formula is C4H7NS2. The monoisotopic (exact) mass is 133 g/mol. The average molecular weight is 133 g/mol. The second-order valence-corrected chi connectivity index (χ2v) is 2.74. The van der Waals surface area contributed by atoms with Crippen LogP contribution in [0.15, 0.2) is 0 Å². The molecule has 0 saturated carbocycles. The van der Waals surface area contributed by atoms with Gasteiger partial charge >= 0.3 is 0 Å². The fourth-order valence-corrected chi connectivity index (χ4v) is 0.890. The van der Waals surface area contributed by atoms with Crippen molar-refractivity contribution in [1.29, 1.82) is 0 Å². The van der Waals surface area contributed by atoms with Crippen molar-refractivity contribution in [2.45, 2.75) is 6.42 Å². The van der Waals surface area contributed by atoms with Crippen LogP contribution in [0.5, 0.6) is 0 Å². The normalized spacial score (nSPS) is 18.7. The lowest BCUT2D eigenvalue weighted by Crippen LogP contribution is -2.38. The molecule has 0 bridgehead atoms. The summed E-state index contributed by atoms with van der Waals surface area (Å²) in [6, 6.07) is 0. The van der Waals surface area contributed by atoms with E-state index in [-0.39, 0.29) is 0 Å². The minimum absolute atomic E-state index is 0.742. The number of likely N-dealkylation sites (tertiary alicyclic amines) is 1. The molecule has 0 aromatic rings. The van der Waals surface area contributed by atoms with Crippen molar-refractivity contribution in [3.63, 3.8) is 0 Å². The molecular weight excluding hydrogens is 126 g/mol. The summed E-state index contributed by atoms with van der Waals surface area (Å²) in [4.78, 5) is 2.07. The topological polar surface area (TPSA) is 3.24 Å². The van der Waals surface area contributed by atoms with E-state index < -0.39 is 0 Å². The van der Waals surface area contributed by atoms with Gasteiger partial charge in [0.15, 0.2) is 0 Å². The third-order valence-electron chi connectivity index (χ3n) is 1.13. The number of rotatable bonds is 0. The molecule has 0 N–H and O–H groups in total. The van der Waals surface area contributed by atoms with E-state index in [1.165, 1.54) is 6.42 Å². The number of hydrogen-bond donors (Lipinski definition) is 1. The highest BCUT2D eigenvalue weighted by atomic mass is 32.1. The highest BCUT2D eigenvalue weighted by Crippen LogP contribution is 2.07. The summed E-state index contributed by atoms with van der Waals surface area (Å²) >= 11 is 8.74. The molecule has 0 aromatic carbocycles. The van der Waals surface area contributed by atoms with Crippen molar-refractivity contribution in [2.24, 2.45) is 0 Å². The first-order valence-electron chi connectivity index (χ1n) is 2.28. The van der Waals surface area contributed by atoms with Gasteiger partial charge in [-0.1, -0.05) is 12.2 Å². The van der Waals surface area contributed by atoms with Crippen molar-refractivity contribution in [3.8, 4) is 0 Å². The van der Waals surface area contributed by atoms with Gasteiger partial charge in [0.2, 0.25) is 0 Å². The van der Waals surface area contributed by atoms with Crippen LogP contribution in [0.3, 0.4) is 0 Å². The molecule has 7 heavy (non-hydrogen) atoms. The van der Waals surface area contributed by atoms with E-state index >= 15 is 0 Å². The number of hydrogen-bond acceptors (Lipinski definition) is 1. The Morgan fingerprint density at radius 2 is 2.14 bits per heavy atom. The van der Waals surface area contributed by atoms with Gasteiger partial charge in [0.25, 0.3) is 0 Å². The largest absolute Gasteiger partial charge is 0.358 e. The van der Waals surface area contributed by atoms with E-state index in [4.69, 9.17) is 12.2 Å². The van der Waals surface area contributed by atoms with E-state index in [1.54, 1.807) is 0 Å². The van der Waals surface area contributed by atoms with Crippen LogP contribution >= 0.6 is 24.8 Å². The first-order chi connectivity index (χ1) is 3.30. The van der Waals surface area contributed by atoms with Gasteiger partial charge in [-0.05, 0) is 6.42 Å². The fraction of sp³-hybridized carbons (Fsp3) is 0.750. The van der Waals surface area contributed by atoms with Gasteiger partial charge in [-0.25, -0.2) is 0 Å². The molecule has 0 unspecified atom stereocenters. The molecule has 0 amide bonds. The van der Waals surface area contributed by atoms with E-state index in [0.29, 0.717) is 0 Å². The van der Waals surface area contributed by atoms with Crippen molar-refractivity contribution < 1.29 is 0 Å². The standard InChI is InChI=1S/C4H7NS2/c6-4(7)5-2-1-3-5/h1-3H2,(H,6,7). The molecule has 0 radical (unpaired) electrons. The van der Waals surface area contributed by atoms with Crippen LogP contribution in [0.25, 0.3) is 0 Å². The Labute approximate surface area is 54.1 Å². The molecule has 1 rings (SSSR count). The third kappa shape index (κ3) is 1.07. The van der Waals surface area contributed by atoms with Gasteiger partial charge in [-0.3, -0.25) is 0 Å². The highest BCUT2D eigenvalue weighted by molar-refractivity contribution is 8.10. The first-order valence-corrected chi connectivity index (χ1v) is 3.14. The zero-order valence-corrected chi connectivity index (χ0v) is 5.63. The number of thiocarbonyl (C=S) groups is 1. The van der Waals surface area contributed by atoms with Crippen molar-refractivity contribution in [1.82, 2.24) is 4.90 Å². The second-order valence-electron chi connectivity index (χ2n) is 1.62. The summed E-state index contributed by atoms with van der Waals surface area (Å²) in [5.41, 5.74) is 0. The van der Waals surface area contributed by atoms with Crippen LogP contribution in [0.2, 0.25) is 0 Å². The van der Waals surface area contributed by atoms with Crippen LogP contribution in [0.1, 0.15) is 6.42 Å². The smallest absolute Gasteiger partial charge is 0.133 e. The maximum atomic E-state index is 4.76. The summed E-state index contributed by atoms with van der Waals surface area (Å²) in [7, 11) is 0. The third-order valence-corrected chi connectivity index (χ3v) is 1.67. The quantitative estimate of drug-likeness (QED) is 0.386. The highest BCUT2D eigenvalue weighted by Gasteiger charge is 2.12. The summed E-state index contributed by atoms with van der Waals surface area (Å²) in [6.45, 7) is 2.23. The minimum atomic E-state index is 0.742. The molecule has 40 valence electrons. The van der Waals surface area contributed by atoms with Gasteiger partial charge in [0.05, 0.1) is 0 Å². The van der Waals surface area contributed by atoms with Crippen LogP contribution in [0.4, 0.5) is 0 Å². The number of nitrogens with zero attached hydrogens (tertiary/aromatic N) is 1. The molecule has 1 fully saturated rings. The predicted molar refractivity (Wildman–Crippen MR) is 37.8 cm³/mol. The Kier molecular flexibility index (Phi) is 1.54. The molecule has 0 atom stereocenters. The molecule has 1 aliphatic rings. The molecule has 3 heteroatoms. The van der Waals surface area contributed by atoms with Gasteiger partial charge in [-0.15, -0.1) is 12.6 Å². The zero-order valence-electron chi connectivity index (χ0n) is 3.92. The van der Waals surface area contributed by atoms with Crippen molar-refractivity contribution >= 4 is 29.2 Å². The van der Waals surface area contributed by atoms with Crippen molar-refractivity contribution in [3.05, 3.63) is 0 Å². The van der Waals surface area contributed by atoms with E-state index in [1.807, 2.05) is 0 Å². The summed E-state index contributed by atoms with van der Waals surface area (Å²) in [5.74, 6) is 0. The maximum Gasteiger partial charge on any atom is 0.133 e. The second kappa shape index (κ2) is 2.01. The fourth-order valence-electron chi connectivity index (χ4n) is 0.508. The molecule has 0 aliphatic carbocycles. The molecule has 1 nitrogen and oxygen atoms in total. The SMILES string of the molecule is S=C(S)N1CCC1. The lowest BCUT2D eigenvalue weighted by Gasteiger charge is -2.30. The Bertz CT molecular complexity index is 87.7. The lowest BCUT2D eigenvalue weighted by molar-refractivity contribution is 0.311. The molecule has 1 heterocycles. The first kappa shape index (κ1) is 5.38. The van der Waals surface area contributed by atoms with Gasteiger partial charge in [0.1, 0.15) is 4.32 Å². The van der Waals surface area contributed by atoms with Crippen LogP contribution < -0.4 is 0 Å². The van der Waals surface area contributed by atoms with Crippen molar-refractivity contribution in [2.75, 3.05) is 13.1 Å². The maximum absolute atomic E-state index is 4.76. The van der Waals surface area contributed by atoms with Gasteiger partial charge < -0.3 is 4.90 Å². The predicted octanol–water partition coefficient (Wildman–Crippen LogP) is 0.907. The summed E-state index contributed by atoms with van der Waals surface area (Å²) in [5, 5.41) is 0. The molecule has 0 aromatic heterocycles. The van der Waals surface area contributed by atoms with Crippen LogP contribution in [0, 0.1) is 0 Å².